The van der Waals surface area contributed by atoms with Gasteiger partial charge >= 0.3 is 0 Å². The molecule has 2 rings (SSSR count). The lowest BCUT2D eigenvalue weighted by Crippen LogP contribution is -2.33. The monoisotopic (exact) mass is 324 g/mol. The third kappa shape index (κ3) is 3.35. The summed E-state index contributed by atoms with van der Waals surface area (Å²) < 4.78 is 0.744. The third-order valence-corrected chi connectivity index (χ3v) is 3.86. The van der Waals surface area contributed by atoms with E-state index in [0.717, 1.165) is 43.2 Å². The van der Waals surface area contributed by atoms with E-state index >= 15 is 0 Å². The Morgan fingerprint density at radius 1 is 1.05 bits per heavy atom. The van der Waals surface area contributed by atoms with E-state index in [2.05, 4.69) is 15.9 Å². The molecule has 1 aromatic carbocycles. The van der Waals surface area contributed by atoms with Crippen molar-refractivity contribution in [1.82, 2.24) is 4.90 Å². The van der Waals surface area contributed by atoms with Crippen LogP contribution in [0.25, 0.3) is 0 Å². The molecule has 0 atom stereocenters. The number of carbonyl (C=O) groups is 2. The summed E-state index contributed by atoms with van der Waals surface area (Å²) in [5, 5.41) is 0. The molecular formula is C14H17BrN2O2. The minimum atomic E-state index is -0.570. The Morgan fingerprint density at radius 2 is 1.68 bits per heavy atom. The van der Waals surface area contributed by atoms with Gasteiger partial charge in [0.2, 0.25) is 5.91 Å². The zero-order valence-electron chi connectivity index (χ0n) is 10.7. The number of hydrogen-bond donors (Lipinski definition) is 1. The van der Waals surface area contributed by atoms with Crippen LogP contribution in [0.3, 0.4) is 0 Å². The summed E-state index contributed by atoms with van der Waals surface area (Å²) in [4.78, 5) is 25.8. The van der Waals surface area contributed by atoms with E-state index in [1.165, 1.54) is 0 Å². The van der Waals surface area contributed by atoms with E-state index in [4.69, 9.17) is 5.73 Å². The Kier molecular flexibility index (Phi) is 4.58. The van der Waals surface area contributed by atoms with E-state index < -0.39 is 5.91 Å². The molecule has 4 nitrogen and oxygen atoms in total. The number of likely N-dealkylation sites (tertiary alicyclic amines) is 1. The summed E-state index contributed by atoms with van der Waals surface area (Å²) in [5.74, 6) is -0.664. The van der Waals surface area contributed by atoms with Crippen molar-refractivity contribution in [3.8, 4) is 0 Å². The molecule has 0 spiro atoms. The molecule has 1 aliphatic rings. The number of nitrogens with two attached hydrogens (primary N) is 1. The molecule has 19 heavy (non-hydrogen) atoms. The molecule has 0 bridgehead atoms. The van der Waals surface area contributed by atoms with Gasteiger partial charge in [0.05, 0.1) is 11.1 Å². The van der Waals surface area contributed by atoms with Crippen LogP contribution in [-0.4, -0.2) is 29.8 Å². The minimum Gasteiger partial charge on any atom is -0.366 e. The van der Waals surface area contributed by atoms with Crippen molar-refractivity contribution in [1.29, 1.82) is 0 Å². The maximum atomic E-state index is 12.5. The summed E-state index contributed by atoms with van der Waals surface area (Å²) in [6.45, 7) is 1.51. The van der Waals surface area contributed by atoms with E-state index in [0.29, 0.717) is 5.56 Å². The number of carbonyl (C=O) groups excluding carboxylic acids is 2. The van der Waals surface area contributed by atoms with Gasteiger partial charge in [0, 0.05) is 17.6 Å². The summed E-state index contributed by atoms with van der Waals surface area (Å²) in [6.07, 6.45) is 4.36. The fourth-order valence-electron chi connectivity index (χ4n) is 2.35. The topological polar surface area (TPSA) is 63.4 Å². The largest absolute Gasteiger partial charge is 0.366 e. The molecule has 102 valence electrons. The standard InChI is InChI=1S/C14H17BrN2O2/c15-10-5-6-11(12(9-10)13(16)18)14(19)17-7-3-1-2-4-8-17/h5-6,9H,1-4,7-8H2,(H2,16,18). The van der Waals surface area contributed by atoms with Crippen molar-refractivity contribution in [3.05, 3.63) is 33.8 Å². The molecule has 0 aromatic heterocycles. The minimum absolute atomic E-state index is 0.0943. The van der Waals surface area contributed by atoms with Crippen molar-refractivity contribution in [2.24, 2.45) is 5.73 Å². The van der Waals surface area contributed by atoms with Crippen molar-refractivity contribution >= 4 is 27.7 Å². The zero-order chi connectivity index (χ0) is 13.8. The fraction of sp³-hybridized carbons (Fsp3) is 0.429. The second-order valence-corrected chi connectivity index (χ2v) is 5.68. The van der Waals surface area contributed by atoms with Crippen molar-refractivity contribution in [2.45, 2.75) is 25.7 Å². The quantitative estimate of drug-likeness (QED) is 0.908. The predicted molar refractivity (Wildman–Crippen MR) is 77.0 cm³/mol. The maximum Gasteiger partial charge on any atom is 0.254 e. The van der Waals surface area contributed by atoms with Gasteiger partial charge in [-0.3, -0.25) is 9.59 Å². The molecule has 1 saturated heterocycles. The van der Waals surface area contributed by atoms with Crippen LogP contribution in [0.5, 0.6) is 0 Å². The molecule has 0 radical (unpaired) electrons. The summed E-state index contributed by atoms with van der Waals surface area (Å²) >= 11 is 3.29. The number of rotatable bonds is 2. The van der Waals surface area contributed by atoms with Crippen LogP contribution in [0.2, 0.25) is 0 Å². The van der Waals surface area contributed by atoms with E-state index in [-0.39, 0.29) is 11.5 Å². The van der Waals surface area contributed by atoms with Crippen LogP contribution in [0.15, 0.2) is 22.7 Å². The van der Waals surface area contributed by atoms with Crippen LogP contribution in [-0.2, 0) is 0 Å². The van der Waals surface area contributed by atoms with Gasteiger partial charge in [0.1, 0.15) is 0 Å². The number of halogens is 1. The molecule has 2 amide bonds. The second kappa shape index (κ2) is 6.19. The first-order valence-corrected chi connectivity index (χ1v) is 7.27. The second-order valence-electron chi connectivity index (χ2n) is 4.76. The van der Waals surface area contributed by atoms with Gasteiger partial charge in [0.15, 0.2) is 0 Å². The first-order valence-electron chi connectivity index (χ1n) is 6.48. The van der Waals surface area contributed by atoms with Gasteiger partial charge in [-0.1, -0.05) is 28.8 Å². The van der Waals surface area contributed by atoms with Crippen LogP contribution < -0.4 is 5.73 Å². The summed E-state index contributed by atoms with van der Waals surface area (Å²) in [5.41, 5.74) is 6.03. The highest BCUT2D eigenvalue weighted by Gasteiger charge is 2.21. The Balaban J connectivity index is 2.29. The lowest BCUT2D eigenvalue weighted by atomic mass is 10.1. The highest BCUT2D eigenvalue weighted by atomic mass is 79.9. The highest BCUT2D eigenvalue weighted by molar-refractivity contribution is 9.10. The molecule has 5 heteroatoms. The number of primary amides is 1. The first-order chi connectivity index (χ1) is 9.09. The smallest absolute Gasteiger partial charge is 0.254 e. The Labute approximate surface area is 121 Å². The van der Waals surface area contributed by atoms with E-state index in [1.54, 1.807) is 18.2 Å². The van der Waals surface area contributed by atoms with Crippen LogP contribution in [0.4, 0.5) is 0 Å². The van der Waals surface area contributed by atoms with Crippen LogP contribution in [0, 0.1) is 0 Å². The van der Waals surface area contributed by atoms with Gasteiger partial charge < -0.3 is 10.6 Å². The van der Waals surface area contributed by atoms with Gasteiger partial charge in [-0.15, -0.1) is 0 Å². The van der Waals surface area contributed by atoms with Gasteiger partial charge in [-0.05, 0) is 31.0 Å². The van der Waals surface area contributed by atoms with Gasteiger partial charge in [-0.25, -0.2) is 0 Å². The van der Waals surface area contributed by atoms with Crippen LogP contribution in [0.1, 0.15) is 46.4 Å². The summed E-state index contributed by atoms with van der Waals surface area (Å²) in [7, 11) is 0. The van der Waals surface area contributed by atoms with Crippen molar-refractivity contribution in [3.63, 3.8) is 0 Å². The SMILES string of the molecule is NC(=O)c1cc(Br)ccc1C(=O)N1CCCCCC1. The predicted octanol–water partition coefficient (Wildman–Crippen LogP) is 2.56. The summed E-state index contributed by atoms with van der Waals surface area (Å²) in [6, 6.07) is 5.03. The molecule has 0 saturated carbocycles. The van der Waals surface area contributed by atoms with E-state index in [1.807, 2.05) is 4.90 Å². The zero-order valence-corrected chi connectivity index (χ0v) is 12.3. The van der Waals surface area contributed by atoms with Crippen molar-refractivity contribution in [2.75, 3.05) is 13.1 Å². The maximum absolute atomic E-state index is 12.5. The average Bonchev–Trinajstić information content (AvgIpc) is 2.66. The number of benzene rings is 1. The Hall–Kier alpha value is -1.36. The molecule has 2 N–H and O–H groups in total. The number of amides is 2. The van der Waals surface area contributed by atoms with E-state index in [9.17, 15) is 9.59 Å². The van der Waals surface area contributed by atoms with Crippen molar-refractivity contribution < 1.29 is 9.59 Å². The molecule has 1 fully saturated rings. The molecule has 1 heterocycles. The third-order valence-electron chi connectivity index (χ3n) is 3.37. The molecular weight excluding hydrogens is 308 g/mol. The first kappa shape index (κ1) is 14.1. The van der Waals surface area contributed by atoms with Gasteiger partial charge in [0.25, 0.3) is 5.91 Å². The fourth-order valence-corrected chi connectivity index (χ4v) is 2.71. The lowest BCUT2D eigenvalue weighted by Gasteiger charge is -2.21. The molecule has 1 aliphatic heterocycles. The van der Waals surface area contributed by atoms with Gasteiger partial charge in [-0.2, -0.15) is 0 Å². The Morgan fingerprint density at radius 3 is 2.26 bits per heavy atom. The number of nitrogens with zero attached hydrogens (tertiary/aromatic N) is 1. The Bertz CT molecular complexity index is 494. The van der Waals surface area contributed by atoms with Crippen LogP contribution >= 0.6 is 15.9 Å². The molecule has 1 aromatic rings. The average molecular weight is 325 g/mol. The lowest BCUT2D eigenvalue weighted by molar-refractivity contribution is 0.0756. The molecule has 0 aliphatic carbocycles. The number of hydrogen-bond acceptors (Lipinski definition) is 2. The normalized spacial score (nSPS) is 15.9. The highest BCUT2D eigenvalue weighted by Crippen LogP contribution is 2.20. The molecule has 0 unspecified atom stereocenters.